The number of piperazine rings is 1. The van der Waals surface area contributed by atoms with Crippen molar-refractivity contribution in [1.29, 1.82) is 0 Å². The van der Waals surface area contributed by atoms with Gasteiger partial charge in [0.2, 0.25) is 9.84 Å². The van der Waals surface area contributed by atoms with Gasteiger partial charge in [-0.1, -0.05) is 18.2 Å². The average Bonchev–Trinajstić information content (AvgIpc) is 3.12. The molecule has 146 valence electrons. The first-order chi connectivity index (χ1) is 13.6. The summed E-state index contributed by atoms with van der Waals surface area (Å²) in [6.07, 6.45) is 2.70. The van der Waals surface area contributed by atoms with Gasteiger partial charge >= 0.3 is 0 Å². The molecule has 0 bridgehead atoms. The molecule has 1 fully saturated rings. The van der Waals surface area contributed by atoms with Gasteiger partial charge in [-0.3, -0.25) is 0 Å². The summed E-state index contributed by atoms with van der Waals surface area (Å²) in [5.41, 5.74) is 2.43. The van der Waals surface area contributed by atoms with Crippen LogP contribution < -0.4 is 15.5 Å². The molecule has 5 rings (SSSR count). The zero-order valence-electron chi connectivity index (χ0n) is 15.4. The Kier molecular flexibility index (Phi) is 4.30. The highest BCUT2D eigenvalue weighted by molar-refractivity contribution is 7.91. The number of fused-ring (bicyclic) bond motifs is 2. The fourth-order valence-electron chi connectivity index (χ4n) is 3.85. The molecule has 0 spiro atoms. The van der Waals surface area contributed by atoms with Crippen molar-refractivity contribution >= 4 is 21.3 Å². The lowest BCUT2D eigenvalue weighted by atomic mass is 10.1. The number of rotatable bonds is 3. The molecular formula is C19H22N6O2S. The Balaban J connectivity index is 1.76. The van der Waals surface area contributed by atoms with Crippen LogP contribution in [0.15, 0.2) is 46.3 Å². The van der Waals surface area contributed by atoms with Gasteiger partial charge in [-0.2, -0.15) is 0 Å². The second-order valence-corrected chi connectivity index (χ2v) is 9.00. The summed E-state index contributed by atoms with van der Waals surface area (Å²) in [5, 5.41) is 11.3. The van der Waals surface area contributed by atoms with Gasteiger partial charge in [-0.15, -0.1) is 5.10 Å². The Morgan fingerprint density at radius 2 is 1.79 bits per heavy atom. The summed E-state index contributed by atoms with van der Waals surface area (Å²) < 4.78 is 28.8. The van der Waals surface area contributed by atoms with Gasteiger partial charge in [-0.25, -0.2) is 17.9 Å². The molecule has 0 unspecified atom stereocenters. The van der Waals surface area contributed by atoms with E-state index in [2.05, 4.69) is 15.7 Å². The normalized spacial score (nSPS) is 17.6. The van der Waals surface area contributed by atoms with Crippen molar-refractivity contribution in [3.05, 3.63) is 47.8 Å². The van der Waals surface area contributed by atoms with Gasteiger partial charge in [0.1, 0.15) is 0 Å². The molecule has 0 atom stereocenters. The predicted octanol–water partition coefficient (Wildman–Crippen LogP) is 0.617. The first kappa shape index (κ1) is 17.6. The second kappa shape index (κ2) is 6.84. The summed E-state index contributed by atoms with van der Waals surface area (Å²) in [4.78, 5) is 7.28. The molecule has 4 heterocycles. The molecule has 28 heavy (non-hydrogen) atoms. The van der Waals surface area contributed by atoms with Gasteiger partial charge in [0.15, 0.2) is 16.4 Å². The number of nitrogens with zero attached hydrogens (tertiary/aromatic N) is 4. The predicted molar refractivity (Wildman–Crippen MR) is 105 cm³/mol. The number of nitrogens with one attached hydrogen (secondary N) is 2. The van der Waals surface area contributed by atoms with Crippen molar-refractivity contribution in [2.45, 2.75) is 22.8 Å². The Morgan fingerprint density at radius 1 is 1.00 bits per heavy atom. The van der Waals surface area contributed by atoms with Crippen LogP contribution in [0.5, 0.6) is 0 Å². The van der Waals surface area contributed by atoms with Gasteiger partial charge in [0.25, 0.3) is 0 Å². The van der Waals surface area contributed by atoms with Crippen LogP contribution in [0.3, 0.4) is 0 Å². The van der Waals surface area contributed by atoms with E-state index in [1.807, 2.05) is 17.2 Å². The van der Waals surface area contributed by atoms with Crippen LogP contribution in [-0.4, -0.2) is 55.7 Å². The second-order valence-electron chi connectivity index (χ2n) is 7.11. The summed E-state index contributed by atoms with van der Waals surface area (Å²) in [6, 6.07) is 8.55. The summed E-state index contributed by atoms with van der Waals surface area (Å²) in [5.74, 6) is 0.494. The van der Waals surface area contributed by atoms with Crippen molar-refractivity contribution in [2.24, 2.45) is 0 Å². The molecule has 0 saturated carbocycles. The third-order valence-corrected chi connectivity index (χ3v) is 7.10. The number of benzene rings is 1. The number of hydrogen-bond donors (Lipinski definition) is 2. The molecule has 1 saturated heterocycles. The Hall–Kier alpha value is -2.49. The highest BCUT2D eigenvalue weighted by atomic mass is 32.2. The molecule has 2 N–H and O–H groups in total. The minimum atomic E-state index is -3.75. The van der Waals surface area contributed by atoms with E-state index in [-0.39, 0.29) is 9.79 Å². The Labute approximate surface area is 163 Å². The molecule has 0 aliphatic carbocycles. The van der Waals surface area contributed by atoms with E-state index < -0.39 is 9.84 Å². The van der Waals surface area contributed by atoms with E-state index in [0.717, 1.165) is 43.9 Å². The van der Waals surface area contributed by atoms with Crippen LogP contribution in [0.4, 0.5) is 5.82 Å². The Bertz CT molecular complexity index is 1120. The lowest BCUT2D eigenvalue weighted by Crippen LogP contribution is -2.44. The molecule has 1 aromatic carbocycles. The monoisotopic (exact) mass is 398 g/mol. The third-order valence-electron chi connectivity index (χ3n) is 5.31. The van der Waals surface area contributed by atoms with Gasteiger partial charge < -0.3 is 15.5 Å². The minimum absolute atomic E-state index is 0.210. The zero-order valence-corrected chi connectivity index (χ0v) is 16.2. The van der Waals surface area contributed by atoms with E-state index in [1.165, 1.54) is 0 Å². The van der Waals surface area contributed by atoms with Crippen molar-refractivity contribution in [2.75, 3.05) is 37.6 Å². The topological polar surface area (TPSA) is 91.6 Å². The maximum absolute atomic E-state index is 13.6. The summed E-state index contributed by atoms with van der Waals surface area (Å²) in [7, 11) is -3.75. The van der Waals surface area contributed by atoms with Crippen LogP contribution in [0, 0.1) is 0 Å². The smallest absolute Gasteiger partial charge is 0.214 e. The van der Waals surface area contributed by atoms with Crippen molar-refractivity contribution in [1.82, 2.24) is 25.2 Å². The van der Waals surface area contributed by atoms with E-state index in [0.29, 0.717) is 24.6 Å². The summed E-state index contributed by atoms with van der Waals surface area (Å²) in [6.45, 7) is 4.58. The summed E-state index contributed by atoms with van der Waals surface area (Å²) >= 11 is 0. The van der Waals surface area contributed by atoms with Crippen LogP contribution in [-0.2, 0) is 22.8 Å². The van der Waals surface area contributed by atoms with E-state index in [4.69, 9.17) is 4.98 Å². The number of aromatic nitrogens is 3. The van der Waals surface area contributed by atoms with E-state index >= 15 is 0 Å². The molecule has 0 amide bonds. The van der Waals surface area contributed by atoms with Gasteiger partial charge in [0, 0.05) is 57.4 Å². The van der Waals surface area contributed by atoms with Crippen molar-refractivity contribution in [3.8, 4) is 0 Å². The number of hydrogen-bond acceptors (Lipinski definition) is 7. The van der Waals surface area contributed by atoms with Crippen LogP contribution in [0.2, 0.25) is 0 Å². The zero-order chi connectivity index (χ0) is 19.1. The quantitative estimate of drug-likeness (QED) is 0.668. The van der Waals surface area contributed by atoms with Crippen LogP contribution in [0.25, 0.3) is 5.65 Å². The van der Waals surface area contributed by atoms with E-state index in [1.54, 1.807) is 28.8 Å². The van der Waals surface area contributed by atoms with Gasteiger partial charge in [-0.05, 0) is 12.1 Å². The van der Waals surface area contributed by atoms with Crippen molar-refractivity contribution in [3.63, 3.8) is 0 Å². The fourth-order valence-corrected chi connectivity index (χ4v) is 5.39. The fraction of sp³-hybridized carbons (Fsp3) is 0.368. The number of sulfone groups is 1. The van der Waals surface area contributed by atoms with Crippen LogP contribution in [0.1, 0.15) is 11.3 Å². The van der Waals surface area contributed by atoms with Crippen molar-refractivity contribution < 1.29 is 8.42 Å². The molecule has 0 radical (unpaired) electrons. The lowest BCUT2D eigenvalue weighted by molar-refractivity contribution is 0.576. The number of anilines is 1. The molecule has 2 aliphatic rings. The lowest BCUT2D eigenvalue weighted by Gasteiger charge is -2.27. The highest BCUT2D eigenvalue weighted by Crippen LogP contribution is 2.33. The largest absolute Gasteiger partial charge is 0.351 e. The first-order valence-corrected chi connectivity index (χ1v) is 11.0. The SMILES string of the molecule is O=S(=O)(c1ccccc1)c1c(N2CCNCC2)nn2cc3c(nc12)CCNC3. The molecule has 2 aromatic heterocycles. The maximum Gasteiger partial charge on any atom is 0.214 e. The first-order valence-electron chi connectivity index (χ1n) is 9.52. The molecule has 9 heteroatoms. The molecule has 3 aromatic rings. The molecule has 8 nitrogen and oxygen atoms in total. The van der Waals surface area contributed by atoms with Crippen LogP contribution >= 0.6 is 0 Å². The van der Waals surface area contributed by atoms with Gasteiger partial charge in [0.05, 0.1) is 10.6 Å². The van der Waals surface area contributed by atoms with E-state index in [9.17, 15) is 8.42 Å². The highest BCUT2D eigenvalue weighted by Gasteiger charge is 2.32. The third kappa shape index (κ3) is 2.86. The average molecular weight is 398 g/mol. The molecular weight excluding hydrogens is 376 g/mol. The minimum Gasteiger partial charge on any atom is -0.351 e. The maximum atomic E-state index is 13.6. The Morgan fingerprint density at radius 3 is 2.57 bits per heavy atom. The molecule has 2 aliphatic heterocycles. The standard InChI is InChI=1S/C19H22N6O2S/c26-28(27,15-4-2-1-3-5-15)17-18-22-16-6-7-21-12-14(16)13-25(18)23-19(17)24-10-8-20-9-11-24/h1-5,13,20-21H,6-12H2.